The van der Waals surface area contributed by atoms with Crippen LogP contribution < -0.4 is 23.7 Å². The maximum absolute atomic E-state index is 12.5. The average molecular weight is 1810 g/mol. The summed E-state index contributed by atoms with van der Waals surface area (Å²) in [6.45, 7) is 12.0. The Balaban J connectivity index is 0.000000113. The number of phenolic OH excluding ortho intramolecular Hbond substituents is 5. The molecule has 0 unspecified atom stereocenters. The van der Waals surface area contributed by atoms with E-state index in [1.165, 1.54) is 131 Å². The summed E-state index contributed by atoms with van der Waals surface area (Å²) in [4.78, 5) is 25.8. The number of aryl methyl sites for hydroxylation is 5. The van der Waals surface area contributed by atoms with Crippen molar-refractivity contribution in [3.63, 3.8) is 0 Å². The second-order valence-corrected chi connectivity index (χ2v) is 40.3. The highest BCUT2D eigenvalue weighted by molar-refractivity contribution is 7.13. The van der Waals surface area contributed by atoms with Crippen LogP contribution in [0.25, 0.3) is 0 Å². The van der Waals surface area contributed by atoms with Crippen LogP contribution in [-0.2, 0) is 129 Å². The van der Waals surface area contributed by atoms with Crippen molar-refractivity contribution in [3.05, 3.63) is 223 Å². The summed E-state index contributed by atoms with van der Waals surface area (Å²) in [5.74, 6) is 5.32. The van der Waals surface area contributed by atoms with Crippen LogP contribution >= 0.6 is 79.9 Å². The van der Waals surface area contributed by atoms with E-state index in [4.69, 9.17) is 46.9 Å². The smallest absolute Gasteiger partial charge is 0.389 e. The van der Waals surface area contributed by atoms with Crippen LogP contribution in [0, 0.1) is 0 Å². The number of halogens is 7. The number of hydrogen-bond acceptors (Lipinski definition) is 20. The Hall–Kier alpha value is -7.37. The van der Waals surface area contributed by atoms with E-state index in [0.29, 0.717) is 53.3 Å². The van der Waals surface area contributed by atoms with Gasteiger partial charge >= 0.3 is 6.18 Å². The Kier molecular flexibility index (Phi) is 27.8. The van der Waals surface area contributed by atoms with Crippen LogP contribution in [-0.4, -0.2) is 143 Å². The van der Waals surface area contributed by atoms with Crippen LogP contribution in [0.1, 0.15) is 201 Å². The third-order valence-corrected chi connectivity index (χ3v) is 32.9. The lowest BCUT2D eigenvalue weighted by atomic mass is 9.86. The van der Waals surface area contributed by atoms with Crippen LogP contribution in [0.15, 0.2) is 91.0 Å². The molecule has 10 aromatic rings. The van der Waals surface area contributed by atoms with E-state index in [9.17, 15) is 47.5 Å². The Bertz CT molecular complexity index is 5390. The van der Waals surface area contributed by atoms with Crippen LogP contribution in [0.4, 0.5) is 22.0 Å². The molecule has 10 aliphatic rings. The lowest BCUT2D eigenvalue weighted by Crippen LogP contribution is -2.38. The third kappa shape index (κ3) is 19.3. The molecule has 122 heavy (non-hydrogen) atoms. The lowest BCUT2D eigenvalue weighted by molar-refractivity contribution is -0.133. The van der Waals surface area contributed by atoms with Crippen molar-refractivity contribution >= 4 is 79.9 Å². The molecule has 0 amide bonds. The van der Waals surface area contributed by atoms with Crippen molar-refractivity contribution in [2.24, 2.45) is 0 Å². The number of ether oxygens (including phenoxy) is 5. The van der Waals surface area contributed by atoms with Crippen molar-refractivity contribution in [3.8, 4) is 57.5 Å². The van der Waals surface area contributed by atoms with Crippen molar-refractivity contribution in [1.82, 2.24) is 24.5 Å². The molecule has 15 nitrogen and oxygen atoms in total. The fourth-order valence-electron chi connectivity index (χ4n) is 19.8. The van der Waals surface area contributed by atoms with Gasteiger partial charge < -0.3 is 49.2 Å². The summed E-state index contributed by atoms with van der Waals surface area (Å²) in [5.41, 5.74) is 19.4. The number of hydrogen-bond donors (Lipinski definition) is 5. The van der Waals surface area contributed by atoms with Gasteiger partial charge in [0.2, 0.25) is 6.43 Å². The van der Waals surface area contributed by atoms with Gasteiger partial charge in [0.1, 0.15) is 0 Å². The summed E-state index contributed by atoms with van der Waals surface area (Å²) in [6, 6.07) is 32.1. The van der Waals surface area contributed by atoms with Gasteiger partial charge in [-0.2, -0.15) is 13.2 Å². The van der Waals surface area contributed by atoms with Crippen LogP contribution in [0.5, 0.6) is 57.5 Å². The molecule has 5 N–H and O–H groups in total. The van der Waals surface area contributed by atoms with E-state index in [0.717, 1.165) is 200 Å². The molecule has 27 heteroatoms. The normalized spacial score (nSPS) is 19.6. The van der Waals surface area contributed by atoms with E-state index in [1.807, 2.05) is 94.7 Å². The monoisotopic (exact) mass is 1800 g/mol. The topological polar surface area (TPSA) is 164 Å². The Morgan fingerprint density at radius 2 is 0.607 bits per heavy atom. The van der Waals surface area contributed by atoms with E-state index in [1.54, 1.807) is 45.8 Å². The number of fused-ring (bicyclic) bond motifs is 20. The number of phenols is 5. The summed E-state index contributed by atoms with van der Waals surface area (Å²) in [6.07, 6.45) is 9.68. The fourth-order valence-corrected chi connectivity index (χ4v) is 26.2. The molecule has 0 saturated carbocycles. The lowest BCUT2D eigenvalue weighted by Gasteiger charge is -2.40. The van der Waals surface area contributed by atoms with E-state index >= 15 is 0 Å². The molecule has 0 radical (unpaired) electrons. The molecule has 15 heterocycles. The molecule has 5 aromatic heterocycles. The van der Waals surface area contributed by atoms with Gasteiger partial charge in [-0.25, -0.2) is 8.78 Å². The van der Waals surface area contributed by atoms with Gasteiger partial charge in [0.05, 0.1) is 35.5 Å². The van der Waals surface area contributed by atoms with Crippen molar-refractivity contribution in [1.29, 1.82) is 0 Å². The molecule has 10 aliphatic heterocycles. The van der Waals surface area contributed by atoms with Crippen molar-refractivity contribution in [2.45, 2.75) is 211 Å². The van der Waals surface area contributed by atoms with Crippen molar-refractivity contribution < 1.29 is 71.2 Å². The summed E-state index contributed by atoms with van der Waals surface area (Å²) in [7, 11) is 7.94. The number of rotatable bonds is 18. The number of unbranched alkanes of at least 4 members (excludes halogenated alkanes) is 1. The predicted molar refractivity (Wildman–Crippen MR) is 478 cm³/mol. The highest BCUT2D eigenvalue weighted by Gasteiger charge is 2.41. The maximum Gasteiger partial charge on any atom is 0.389 e. The molecular weight excluding hydrogens is 1700 g/mol. The first-order valence-electron chi connectivity index (χ1n) is 42.6. The standard InChI is InChI=1S/C20H24ClNO2S.C19H22ClNO2S.C19H20F3NO2S.C19H21F2NO2S.C18H21NO2S/c1-24-19-9-13-5-7-22-12-14-8-15(4-2-3-6-21)25-20(14)11-17(22)16(13)10-18(19)23;1-23-18-8-12-4-6-21-11-13-7-14(3-2-5-20)24-19(13)10-16(21)15(12)9-17(18)22;1-25-17-7-11-3-5-23-10-12-6-13(2-4-19(20,21)22)26-18(12)9-15(23)14(11)8-16(17)24;1-24-17-7-11-4-5-22-10-12-6-13(2-3-19(20)21)25-18(12)9-15(22)14(11)8-16(17)23;1-3-13-6-12-10-19-5-4-11-7-17(21-2)16(20)8-14(11)15(19)9-18(12)22-13/h8-10,17,23H,2-7,11-12H2,1H3;7-9,16,22H,2-6,10-11H2,1H3;6-8,15,24H,2-5,9-10H2,1H3;6-8,15,19,23H,2-5,9-10H2,1H3;6-8,15,20H,3-5,9-10H2,1-2H3/t17-;16-;3*15-/m00000/s1. The number of benzene rings is 5. The zero-order valence-electron chi connectivity index (χ0n) is 70.0. The average Bonchev–Trinajstić information content (AvgIpc) is 1.45. The maximum atomic E-state index is 12.5. The van der Waals surface area contributed by atoms with Crippen molar-refractivity contribution in [2.75, 3.05) is 80.0 Å². The number of nitrogens with zero attached hydrogens (tertiary/aromatic N) is 5. The summed E-state index contributed by atoms with van der Waals surface area (Å²) < 4.78 is 88.7. The molecular formula is C95H108Cl2F5N5O10S5. The second-order valence-electron chi connectivity index (χ2n) is 33.5. The third-order valence-electron chi connectivity index (χ3n) is 26.0. The highest BCUT2D eigenvalue weighted by Crippen LogP contribution is 2.51. The molecule has 5 atom stereocenters. The first kappa shape index (κ1) is 88.1. The molecule has 5 aromatic carbocycles. The second kappa shape index (κ2) is 38.4. The first-order valence-corrected chi connectivity index (χ1v) is 47.8. The minimum atomic E-state index is -4.11. The predicted octanol–water partition coefficient (Wildman–Crippen LogP) is 21.6. The largest absolute Gasteiger partial charge is 0.504 e. The zero-order chi connectivity index (χ0) is 85.4. The van der Waals surface area contributed by atoms with Crippen LogP contribution in [0.2, 0.25) is 0 Å². The SMILES string of the molecule is CCc1cc2c(s1)C[C@H]1c3cc(O)c(OC)cc3CCN1C2.COc1cc2c(cc1O)[C@@H]1Cc3sc(CCC(F)(F)F)cc3CN1CC2.COc1cc2c(cc1O)[C@@H]1Cc3sc(CCC(F)F)cc3CN1CC2.COc1cc2c(cc1O)[C@@H]1Cc3sc(CCCCCl)cc3CN1CC2.COc1cc2c(cc1O)[C@@H]1Cc3sc(CCCCl)cc3CN1CC2. The van der Waals surface area contributed by atoms with E-state index in [-0.39, 0.29) is 53.7 Å². The summed E-state index contributed by atoms with van der Waals surface area (Å²) >= 11 is 20.7. The van der Waals surface area contributed by atoms with Gasteiger partial charge in [0, 0.05) is 201 Å². The molecule has 652 valence electrons. The zero-order valence-corrected chi connectivity index (χ0v) is 75.5. The minimum Gasteiger partial charge on any atom is -0.504 e. The molecule has 20 rings (SSSR count). The summed E-state index contributed by atoms with van der Waals surface area (Å²) in [5, 5.41) is 50.9. The highest BCUT2D eigenvalue weighted by atomic mass is 35.5. The molecule has 0 aliphatic carbocycles. The Morgan fingerprint density at radius 1 is 0.352 bits per heavy atom. The van der Waals surface area contributed by atoms with Gasteiger partial charge in [-0.05, 0) is 258 Å². The Morgan fingerprint density at radius 3 is 0.861 bits per heavy atom. The quantitative estimate of drug-likeness (QED) is 0.0313. The number of aromatic hydroxyl groups is 5. The van der Waals surface area contributed by atoms with Gasteiger partial charge in [-0.3, -0.25) is 24.5 Å². The van der Waals surface area contributed by atoms with Gasteiger partial charge in [-0.1, -0.05) is 6.92 Å². The first-order chi connectivity index (χ1) is 59.0. The van der Waals surface area contributed by atoms with Crippen LogP contribution in [0.3, 0.4) is 0 Å². The van der Waals surface area contributed by atoms with Gasteiger partial charge in [0.25, 0.3) is 0 Å². The fraction of sp³-hybridized carbons (Fsp3) is 0.474. The molecule has 0 fully saturated rings. The number of thiophene rings is 5. The van der Waals surface area contributed by atoms with Gasteiger partial charge in [-0.15, -0.1) is 79.9 Å². The Labute approximate surface area is 741 Å². The molecule has 0 saturated heterocycles. The van der Waals surface area contributed by atoms with E-state index in [2.05, 4.69) is 55.7 Å². The molecule has 0 bridgehead atoms. The van der Waals surface area contributed by atoms with Gasteiger partial charge in [0.15, 0.2) is 57.5 Å². The molecule has 0 spiro atoms. The minimum absolute atomic E-state index is 0.0560. The number of alkyl halides is 7. The van der Waals surface area contributed by atoms with E-state index < -0.39 is 19.0 Å². The number of methoxy groups -OCH3 is 5.